The number of H-pyrrole nitrogens is 1. The molecule has 0 atom stereocenters. The molecule has 0 saturated heterocycles. The van der Waals surface area contributed by atoms with Gasteiger partial charge in [0.2, 0.25) is 5.95 Å². The molecule has 4 aromatic rings. The number of nitrogens with zero attached hydrogens (tertiary/aromatic N) is 7. The van der Waals surface area contributed by atoms with Gasteiger partial charge in [-0.05, 0) is 47.3 Å². The highest BCUT2D eigenvalue weighted by molar-refractivity contribution is 5.57. The zero-order valence-electron chi connectivity index (χ0n) is 19.2. The van der Waals surface area contributed by atoms with E-state index in [1.807, 2.05) is 53.1 Å². The van der Waals surface area contributed by atoms with Crippen molar-refractivity contribution in [3.05, 3.63) is 89.1 Å². The van der Waals surface area contributed by atoms with Gasteiger partial charge in [0.1, 0.15) is 0 Å². The van der Waals surface area contributed by atoms with Crippen LogP contribution in [0.25, 0.3) is 17.3 Å². The van der Waals surface area contributed by atoms with Gasteiger partial charge in [0.15, 0.2) is 5.82 Å². The van der Waals surface area contributed by atoms with Crippen LogP contribution in [0.3, 0.4) is 0 Å². The molecule has 4 heterocycles. The van der Waals surface area contributed by atoms with E-state index in [1.165, 1.54) is 0 Å². The minimum atomic E-state index is -0.534. The van der Waals surface area contributed by atoms with Crippen molar-refractivity contribution in [2.75, 3.05) is 0 Å². The van der Waals surface area contributed by atoms with Gasteiger partial charge in [0.25, 0.3) is 0 Å². The molecule has 0 bridgehead atoms. The third-order valence-corrected chi connectivity index (χ3v) is 6.25. The first-order chi connectivity index (χ1) is 16.6. The molecule has 34 heavy (non-hydrogen) atoms. The van der Waals surface area contributed by atoms with Crippen LogP contribution >= 0.6 is 0 Å². The first-order valence-electron chi connectivity index (χ1n) is 11.4. The van der Waals surface area contributed by atoms with Crippen molar-refractivity contribution in [2.24, 2.45) is 7.05 Å². The highest BCUT2D eigenvalue weighted by atomic mass is 16.1. The number of aromatic nitrogens is 8. The molecule has 1 aromatic carbocycles. The number of dihydropyridines is 1. The SMILES string of the molecule is CCCCc1cn(-c2nccn2C)c(=O)n1CC1(c2cccc(-c3nnn[nH]3)c2)C=CNC=C1. The van der Waals surface area contributed by atoms with Crippen LogP contribution in [-0.2, 0) is 25.4 Å². The molecule has 0 unspecified atom stereocenters. The maximum absolute atomic E-state index is 13.7. The standard InChI is InChI=1S/C24H27N9O/c1-3-4-8-20-16-32(22-26-13-14-31(22)2)23(34)33(20)17-24(9-11-25-12-10-24)19-7-5-6-18(15-19)21-27-29-30-28-21/h5-7,9-16,25H,3-4,8,17H2,1-2H3,(H,27,28,29,30). The number of aryl methyl sites for hydroxylation is 2. The van der Waals surface area contributed by atoms with E-state index >= 15 is 0 Å². The van der Waals surface area contributed by atoms with E-state index in [-0.39, 0.29) is 5.69 Å². The fourth-order valence-corrected chi connectivity index (χ4v) is 4.38. The fourth-order valence-electron chi connectivity index (χ4n) is 4.38. The van der Waals surface area contributed by atoms with Crippen molar-refractivity contribution in [1.29, 1.82) is 0 Å². The van der Waals surface area contributed by atoms with E-state index in [9.17, 15) is 4.79 Å². The fraction of sp³-hybridized carbons (Fsp3) is 0.292. The Morgan fingerprint density at radius 3 is 2.74 bits per heavy atom. The van der Waals surface area contributed by atoms with Gasteiger partial charge in [0.05, 0.1) is 5.41 Å². The molecule has 0 spiro atoms. The van der Waals surface area contributed by atoms with Gasteiger partial charge >= 0.3 is 5.69 Å². The Labute approximate surface area is 196 Å². The van der Waals surface area contributed by atoms with Crippen LogP contribution in [0, 0.1) is 0 Å². The van der Waals surface area contributed by atoms with E-state index < -0.39 is 5.41 Å². The third kappa shape index (κ3) is 3.87. The van der Waals surface area contributed by atoms with Crippen LogP contribution in [0.5, 0.6) is 0 Å². The highest BCUT2D eigenvalue weighted by Crippen LogP contribution is 2.33. The summed E-state index contributed by atoms with van der Waals surface area (Å²) in [7, 11) is 1.89. The second-order valence-electron chi connectivity index (χ2n) is 8.51. The molecule has 174 valence electrons. The normalized spacial score (nSPS) is 14.4. The number of nitrogens with one attached hydrogen (secondary N) is 2. The third-order valence-electron chi connectivity index (χ3n) is 6.25. The molecule has 10 nitrogen and oxygen atoms in total. The van der Waals surface area contributed by atoms with E-state index in [2.05, 4.69) is 62.1 Å². The maximum Gasteiger partial charge on any atom is 0.335 e. The summed E-state index contributed by atoms with van der Waals surface area (Å²) in [5, 5.41) is 17.4. The molecule has 0 aliphatic carbocycles. The van der Waals surface area contributed by atoms with Crippen molar-refractivity contribution < 1.29 is 0 Å². The molecular weight excluding hydrogens is 430 g/mol. The number of hydrogen-bond acceptors (Lipinski definition) is 6. The Balaban J connectivity index is 1.61. The molecule has 0 amide bonds. The van der Waals surface area contributed by atoms with Crippen molar-refractivity contribution in [1.82, 2.24) is 44.6 Å². The van der Waals surface area contributed by atoms with Crippen LogP contribution in [0.15, 0.2) is 72.2 Å². The Morgan fingerprint density at radius 2 is 2.03 bits per heavy atom. The molecule has 10 heteroatoms. The van der Waals surface area contributed by atoms with Crippen LogP contribution in [0.4, 0.5) is 0 Å². The lowest BCUT2D eigenvalue weighted by atomic mass is 9.78. The quantitative estimate of drug-likeness (QED) is 0.420. The first-order valence-corrected chi connectivity index (χ1v) is 11.4. The van der Waals surface area contributed by atoms with Gasteiger partial charge in [-0.1, -0.05) is 43.7 Å². The van der Waals surface area contributed by atoms with Gasteiger partial charge in [-0.15, -0.1) is 5.10 Å². The number of hydrogen-bond donors (Lipinski definition) is 2. The predicted octanol–water partition coefficient (Wildman–Crippen LogP) is 2.46. The average Bonchev–Trinajstić information content (AvgIpc) is 3.61. The van der Waals surface area contributed by atoms with E-state index in [1.54, 1.807) is 10.8 Å². The monoisotopic (exact) mass is 457 g/mol. The molecule has 3 aromatic heterocycles. The zero-order chi connectivity index (χ0) is 23.5. The van der Waals surface area contributed by atoms with Gasteiger partial charge in [0, 0.05) is 43.4 Å². The lowest BCUT2D eigenvalue weighted by Crippen LogP contribution is -2.36. The topological polar surface area (TPSA) is 111 Å². The molecular formula is C24H27N9O. The van der Waals surface area contributed by atoms with Crippen LogP contribution in [0.2, 0.25) is 0 Å². The van der Waals surface area contributed by atoms with Gasteiger partial charge in [-0.3, -0.25) is 4.57 Å². The smallest absolute Gasteiger partial charge is 0.335 e. The van der Waals surface area contributed by atoms with Crippen LogP contribution in [-0.4, -0.2) is 39.3 Å². The molecule has 0 fully saturated rings. The molecule has 2 N–H and O–H groups in total. The van der Waals surface area contributed by atoms with Crippen molar-refractivity contribution in [3.63, 3.8) is 0 Å². The average molecular weight is 458 g/mol. The molecule has 5 rings (SSSR count). The molecule has 0 saturated carbocycles. The lowest BCUT2D eigenvalue weighted by Gasteiger charge is -2.31. The summed E-state index contributed by atoms with van der Waals surface area (Å²) in [5.41, 5.74) is 2.27. The Kier molecular flexibility index (Phi) is 5.70. The number of unbranched alkanes of at least 4 members (excludes halogenated alkanes) is 1. The summed E-state index contributed by atoms with van der Waals surface area (Å²) in [6.45, 7) is 2.61. The number of tetrazole rings is 1. The summed E-state index contributed by atoms with van der Waals surface area (Å²) in [6, 6.07) is 8.08. The minimum absolute atomic E-state index is 0.101. The van der Waals surface area contributed by atoms with Crippen molar-refractivity contribution in [2.45, 2.75) is 38.1 Å². The van der Waals surface area contributed by atoms with Gasteiger partial charge < -0.3 is 9.88 Å². The van der Waals surface area contributed by atoms with Gasteiger partial charge in [-0.25, -0.2) is 19.4 Å². The maximum atomic E-state index is 13.7. The van der Waals surface area contributed by atoms with Crippen molar-refractivity contribution in [3.8, 4) is 17.3 Å². The van der Waals surface area contributed by atoms with E-state index in [0.717, 1.165) is 36.1 Å². The first kappa shape index (κ1) is 21.6. The van der Waals surface area contributed by atoms with E-state index in [0.29, 0.717) is 18.3 Å². The Bertz CT molecular complexity index is 1380. The summed E-state index contributed by atoms with van der Waals surface area (Å²) in [6.07, 6.45) is 16.3. The number of imidazole rings is 2. The van der Waals surface area contributed by atoms with Crippen LogP contribution < -0.4 is 11.0 Å². The second kappa shape index (κ2) is 8.97. The predicted molar refractivity (Wildman–Crippen MR) is 128 cm³/mol. The molecule has 1 aliphatic rings. The number of benzene rings is 1. The summed E-state index contributed by atoms with van der Waals surface area (Å²) < 4.78 is 5.38. The van der Waals surface area contributed by atoms with E-state index in [4.69, 9.17) is 0 Å². The number of aromatic amines is 1. The van der Waals surface area contributed by atoms with Gasteiger partial charge in [-0.2, -0.15) is 0 Å². The summed E-state index contributed by atoms with van der Waals surface area (Å²) in [5.74, 6) is 1.20. The number of rotatable bonds is 8. The van der Waals surface area contributed by atoms with Crippen LogP contribution in [0.1, 0.15) is 31.0 Å². The van der Waals surface area contributed by atoms with Crippen molar-refractivity contribution >= 4 is 0 Å². The zero-order valence-corrected chi connectivity index (χ0v) is 19.2. The largest absolute Gasteiger partial charge is 0.368 e. The Hall–Kier alpha value is -4.21. The lowest BCUT2D eigenvalue weighted by molar-refractivity contribution is 0.495. The second-order valence-corrected chi connectivity index (χ2v) is 8.51. The minimum Gasteiger partial charge on any atom is -0.368 e. The Morgan fingerprint density at radius 1 is 1.18 bits per heavy atom. The molecule has 0 radical (unpaired) electrons. The molecule has 1 aliphatic heterocycles. The highest BCUT2D eigenvalue weighted by Gasteiger charge is 2.31. The number of allylic oxidation sites excluding steroid dienone is 2. The summed E-state index contributed by atoms with van der Waals surface area (Å²) in [4.78, 5) is 18.1. The summed E-state index contributed by atoms with van der Waals surface area (Å²) >= 11 is 0.